The quantitative estimate of drug-likeness (QED) is 0.599. The zero-order valence-electron chi connectivity index (χ0n) is 8.81. The lowest BCUT2D eigenvalue weighted by atomic mass is 10.1. The summed E-state index contributed by atoms with van der Waals surface area (Å²) in [6, 6.07) is 3.82. The average Bonchev–Trinajstić information content (AvgIpc) is 2.50. The van der Waals surface area contributed by atoms with Gasteiger partial charge in [0.15, 0.2) is 0 Å². The summed E-state index contributed by atoms with van der Waals surface area (Å²) in [6.07, 6.45) is 0. The molecule has 0 unspecified atom stereocenters. The van der Waals surface area contributed by atoms with E-state index in [1.807, 2.05) is 0 Å². The molecule has 0 fully saturated rings. The molecule has 0 aromatic heterocycles. The molecule has 0 bridgehead atoms. The number of ketones is 1. The lowest BCUT2D eigenvalue weighted by Gasteiger charge is -2.12. The maximum atomic E-state index is 11.6. The molecule has 1 aromatic rings. The van der Waals surface area contributed by atoms with E-state index >= 15 is 0 Å². The smallest absolute Gasteiger partial charge is 0.299 e. The summed E-state index contributed by atoms with van der Waals surface area (Å²) in [5.41, 5.74) is 0.505. The van der Waals surface area contributed by atoms with E-state index in [-0.39, 0.29) is 10.5 Å². The molecule has 0 aliphatic carbocycles. The number of nitrogens with zero attached hydrogens (tertiary/aromatic N) is 1. The fourth-order valence-corrected chi connectivity index (χ4v) is 2.52. The van der Waals surface area contributed by atoms with Gasteiger partial charge in [0, 0.05) is 17.2 Å². The molecule has 1 heterocycles. The Hall–Kier alpha value is -1.40. The SMILES string of the molecule is CCN1C(=O)C(=O)c2cc(S(=O)(=O)Cl)ccc21. The third-order valence-corrected chi connectivity index (χ3v) is 3.89. The van der Waals surface area contributed by atoms with Crippen LogP contribution in [0.5, 0.6) is 0 Å². The van der Waals surface area contributed by atoms with Crippen LogP contribution in [-0.4, -0.2) is 26.7 Å². The summed E-state index contributed by atoms with van der Waals surface area (Å²) < 4.78 is 22.3. The summed E-state index contributed by atoms with van der Waals surface area (Å²) in [6.45, 7) is 2.08. The van der Waals surface area contributed by atoms with Gasteiger partial charge in [-0.2, -0.15) is 0 Å². The fraction of sp³-hybridized carbons (Fsp3) is 0.200. The Kier molecular flexibility index (Phi) is 2.71. The molecule has 0 saturated heterocycles. The van der Waals surface area contributed by atoms with Crippen LogP contribution in [0.2, 0.25) is 0 Å². The van der Waals surface area contributed by atoms with E-state index in [9.17, 15) is 18.0 Å². The Morgan fingerprint density at radius 1 is 1.29 bits per heavy atom. The van der Waals surface area contributed by atoms with Gasteiger partial charge in [-0.25, -0.2) is 8.42 Å². The van der Waals surface area contributed by atoms with Gasteiger partial charge >= 0.3 is 0 Å². The number of carbonyl (C=O) groups is 2. The van der Waals surface area contributed by atoms with Gasteiger partial charge in [0.1, 0.15) is 0 Å². The minimum absolute atomic E-state index is 0.0820. The van der Waals surface area contributed by atoms with Crippen LogP contribution in [0.4, 0.5) is 5.69 Å². The molecular weight excluding hydrogens is 266 g/mol. The monoisotopic (exact) mass is 273 g/mol. The summed E-state index contributed by atoms with van der Waals surface area (Å²) in [5, 5.41) is 0. The number of hydrogen-bond donors (Lipinski definition) is 0. The molecule has 5 nitrogen and oxygen atoms in total. The molecule has 0 spiro atoms. The van der Waals surface area contributed by atoms with Crippen molar-refractivity contribution in [2.45, 2.75) is 11.8 Å². The van der Waals surface area contributed by atoms with E-state index in [2.05, 4.69) is 0 Å². The van der Waals surface area contributed by atoms with Gasteiger partial charge in [0.05, 0.1) is 16.1 Å². The standard InChI is InChI=1S/C10H8ClNO4S/c1-2-12-8-4-3-6(17(11,15)16)5-7(8)9(13)10(12)14/h3-5H,2H2,1H3. The first-order valence-corrected chi connectivity index (χ1v) is 7.12. The first-order chi connectivity index (χ1) is 7.86. The van der Waals surface area contributed by atoms with Crippen molar-refractivity contribution in [3.8, 4) is 0 Å². The second-order valence-electron chi connectivity index (χ2n) is 3.50. The van der Waals surface area contributed by atoms with E-state index in [0.717, 1.165) is 6.07 Å². The molecule has 0 N–H and O–H groups in total. The van der Waals surface area contributed by atoms with Crippen molar-refractivity contribution in [1.29, 1.82) is 0 Å². The van der Waals surface area contributed by atoms with Crippen molar-refractivity contribution in [2.24, 2.45) is 0 Å². The number of benzene rings is 1. The third-order valence-electron chi connectivity index (χ3n) is 2.54. The minimum atomic E-state index is -3.90. The topological polar surface area (TPSA) is 71.5 Å². The zero-order valence-corrected chi connectivity index (χ0v) is 10.4. The molecule has 0 saturated carbocycles. The molecule has 1 aliphatic heterocycles. The maximum Gasteiger partial charge on any atom is 0.299 e. The zero-order chi connectivity index (χ0) is 12.8. The Morgan fingerprint density at radius 2 is 1.94 bits per heavy atom. The van der Waals surface area contributed by atoms with Crippen LogP contribution >= 0.6 is 10.7 Å². The highest BCUT2D eigenvalue weighted by atomic mass is 35.7. The van der Waals surface area contributed by atoms with Gasteiger partial charge < -0.3 is 4.90 Å². The third kappa shape index (κ3) is 1.83. The van der Waals surface area contributed by atoms with Crippen molar-refractivity contribution < 1.29 is 18.0 Å². The molecule has 1 aromatic carbocycles. The number of Topliss-reactive ketones (excluding diaryl/α,β-unsaturated/α-hetero) is 1. The van der Waals surface area contributed by atoms with Crippen molar-refractivity contribution in [3.05, 3.63) is 23.8 Å². The van der Waals surface area contributed by atoms with E-state index in [0.29, 0.717) is 12.2 Å². The molecule has 90 valence electrons. The Balaban J connectivity index is 2.64. The van der Waals surface area contributed by atoms with Gasteiger partial charge in [-0.1, -0.05) is 0 Å². The fourth-order valence-electron chi connectivity index (χ4n) is 1.75. The van der Waals surface area contributed by atoms with Crippen LogP contribution in [0.1, 0.15) is 17.3 Å². The molecule has 0 atom stereocenters. The van der Waals surface area contributed by atoms with E-state index in [4.69, 9.17) is 10.7 Å². The summed E-state index contributed by atoms with van der Waals surface area (Å²) in [5.74, 6) is -1.35. The van der Waals surface area contributed by atoms with Crippen LogP contribution in [0.3, 0.4) is 0 Å². The van der Waals surface area contributed by atoms with Gasteiger partial charge in [-0.05, 0) is 25.1 Å². The molecule has 7 heteroatoms. The van der Waals surface area contributed by atoms with Crippen molar-refractivity contribution in [2.75, 3.05) is 11.4 Å². The Labute approximate surface area is 102 Å². The van der Waals surface area contributed by atoms with Crippen LogP contribution < -0.4 is 4.90 Å². The Bertz CT molecular complexity index is 623. The number of carbonyl (C=O) groups excluding carboxylic acids is 2. The summed E-state index contributed by atoms with van der Waals surface area (Å²) >= 11 is 0. The summed E-state index contributed by atoms with van der Waals surface area (Å²) in [7, 11) is 1.28. The minimum Gasteiger partial charge on any atom is -0.305 e. The number of rotatable bonds is 2. The number of fused-ring (bicyclic) bond motifs is 1. The van der Waals surface area contributed by atoms with Gasteiger partial charge in [0.25, 0.3) is 20.7 Å². The number of anilines is 1. The number of likely N-dealkylation sites (N-methyl/N-ethyl adjacent to an activating group) is 1. The molecule has 1 aliphatic rings. The predicted molar refractivity (Wildman–Crippen MR) is 61.8 cm³/mol. The maximum absolute atomic E-state index is 11.6. The van der Waals surface area contributed by atoms with E-state index < -0.39 is 20.7 Å². The Morgan fingerprint density at radius 3 is 2.47 bits per heavy atom. The van der Waals surface area contributed by atoms with Gasteiger partial charge in [-0.3, -0.25) is 9.59 Å². The van der Waals surface area contributed by atoms with Crippen molar-refractivity contribution in [3.63, 3.8) is 0 Å². The van der Waals surface area contributed by atoms with Gasteiger partial charge in [0.2, 0.25) is 0 Å². The van der Waals surface area contributed by atoms with Gasteiger partial charge in [-0.15, -0.1) is 0 Å². The first kappa shape index (κ1) is 12.1. The number of hydrogen-bond acceptors (Lipinski definition) is 4. The molecule has 2 rings (SSSR count). The number of amides is 1. The average molecular weight is 274 g/mol. The number of halogens is 1. The first-order valence-electron chi connectivity index (χ1n) is 4.81. The molecular formula is C10H8ClNO4S. The predicted octanol–water partition coefficient (Wildman–Crippen LogP) is 1.16. The molecule has 1 amide bonds. The largest absolute Gasteiger partial charge is 0.305 e. The van der Waals surface area contributed by atoms with Crippen LogP contribution in [0.25, 0.3) is 0 Å². The van der Waals surface area contributed by atoms with E-state index in [1.165, 1.54) is 17.0 Å². The van der Waals surface area contributed by atoms with Crippen molar-refractivity contribution >= 4 is 37.1 Å². The van der Waals surface area contributed by atoms with Crippen LogP contribution in [0, 0.1) is 0 Å². The second kappa shape index (κ2) is 3.82. The lowest BCUT2D eigenvalue weighted by Crippen LogP contribution is -2.29. The second-order valence-corrected chi connectivity index (χ2v) is 6.06. The summed E-state index contributed by atoms with van der Waals surface area (Å²) in [4.78, 5) is 24.3. The lowest BCUT2D eigenvalue weighted by molar-refractivity contribution is -0.114. The van der Waals surface area contributed by atoms with Crippen LogP contribution in [0.15, 0.2) is 23.1 Å². The normalized spacial score (nSPS) is 15.3. The highest BCUT2D eigenvalue weighted by molar-refractivity contribution is 8.13. The van der Waals surface area contributed by atoms with Crippen molar-refractivity contribution in [1.82, 2.24) is 0 Å². The molecule has 0 radical (unpaired) electrons. The van der Waals surface area contributed by atoms with E-state index in [1.54, 1.807) is 6.92 Å². The highest BCUT2D eigenvalue weighted by Crippen LogP contribution is 2.31. The van der Waals surface area contributed by atoms with Crippen LogP contribution in [-0.2, 0) is 13.8 Å². The highest BCUT2D eigenvalue weighted by Gasteiger charge is 2.35. The molecule has 17 heavy (non-hydrogen) atoms.